The zero-order valence-electron chi connectivity index (χ0n) is 17.1. The molecule has 30 heavy (non-hydrogen) atoms. The predicted molar refractivity (Wildman–Crippen MR) is 113 cm³/mol. The third kappa shape index (κ3) is 5.46. The van der Waals surface area contributed by atoms with E-state index in [1.54, 1.807) is 0 Å². The zero-order chi connectivity index (χ0) is 21.3. The Morgan fingerprint density at radius 2 is 1.77 bits per heavy atom. The van der Waals surface area contributed by atoms with Gasteiger partial charge >= 0.3 is 0 Å². The van der Waals surface area contributed by atoms with Crippen molar-refractivity contribution in [1.29, 1.82) is 0 Å². The van der Waals surface area contributed by atoms with Gasteiger partial charge in [0.25, 0.3) is 6.47 Å². The predicted octanol–water partition coefficient (Wildman–Crippen LogP) is 2.66. The number of benzene rings is 2. The molecule has 0 aromatic heterocycles. The van der Waals surface area contributed by atoms with E-state index in [2.05, 4.69) is 24.4 Å². The molecule has 3 rings (SSSR count). The van der Waals surface area contributed by atoms with Crippen LogP contribution >= 0.6 is 0 Å². The molecule has 2 N–H and O–H groups in total. The van der Waals surface area contributed by atoms with E-state index in [1.165, 1.54) is 5.56 Å². The minimum absolute atomic E-state index is 0.00267. The number of hydrogen-bond donors (Lipinski definition) is 2. The number of hydrogen-bond acceptors (Lipinski definition) is 5. The Balaban J connectivity index is 1.68. The van der Waals surface area contributed by atoms with Crippen molar-refractivity contribution < 1.29 is 24.2 Å². The number of β-lactam (4-membered cyclic amide) rings is 1. The van der Waals surface area contributed by atoms with Crippen LogP contribution in [-0.2, 0) is 25.7 Å². The Bertz CT molecular complexity index is 798. The van der Waals surface area contributed by atoms with Crippen molar-refractivity contribution >= 4 is 12.4 Å². The van der Waals surface area contributed by atoms with Crippen LogP contribution in [0.15, 0.2) is 60.7 Å². The van der Waals surface area contributed by atoms with E-state index in [0.717, 1.165) is 12.0 Å². The lowest BCUT2D eigenvalue weighted by Crippen LogP contribution is -2.66. The molecule has 1 fully saturated rings. The molecule has 0 bridgehead atoms. The Labute approximate surface area is 177 Å². The minimum atomic E-state index is -0.574. The molecule has 0 radical (unpaired) electrons. The van der Waals surface area contributed by atoms with Crippen molar-refractivity contribution in [2.75, 3.05) is 13.2 Å². The van der Waals surface area contributed by atoms with E-state index in [4.69, 9.17) is 9.47 Å². The van der Waals surface area contributed by atoms with E-state index >= 15 is 0 Å². The van der Waals surface area contributed by atoms with E-state index in [-0.39, 0.29) is 37.0 Å². The molecule has 2 aromatic rings. The highest BCUT2D eigenvalue weighted by atomic mass is 16.6. The van der Waals surface area contributed by atoms with Crippen molar-refractivity contribution in [3.05, 3.63) is 71.8 Å². The molecule has 1 saturated heterocycles. The molecule has 1 amide bonds. The molecule has 5 atom stereocenters. The average Bonchev–Trinajstić information content (AvgIpc) is 2.78. The number of carbonyl (C=O) groups is 2. The molecule has 0 aliphatic carbocycles. The molecule has 0 spiro atoms. The summed E-state index contributed by atoms with van der Waals surface area (Å²) in [4.78, 5) is 23.2. The Kier molecular flexibility index (Phi) is 7.99. The zero-order valence-corrected chi connectivity index (χ0v) is 17.1. The lowest BCUT2D eigenvalue weighted by Gasteiger charge is -2.45. The second-order valence-corrected chi connectivity index (χ2v) is 7.81. The summed E-state index contributed by atoms with van der Waals surface area (Å²) in [5.74, 6) is -0.509. The first-order valence-corrected chi connectivity index (χ1v) is 10.3. The fourth-order valence-electron chi connectivity index (χ4n) is 4.10. The summed E-state index contributed by atoms with van der Waals surface area (Å²) in [6.45, 7) is 2.75. The van der Waals surface area contributed by atoms with Crippen LogP contribution in [-0.4, -0.2) is 42.8 Å². The lowest BCUT2D eigenvalue weighted by molar-refractivity contribution is -0.157. The Morgan fingerprint density at radius 1 is 1.10 bits per heavy atom. The van der Waals surface area contributed by atoms with Crippen LogP contribution in [0.3, 0.4) is 0 Å². The van der Waals surface area contributed by atoms with Crippen LogP contribution in [0, 0.1) is 11.8 Å². The Morgan fingerprint density at radius 3 is 2.37 bits per heavy atom. The van der Waals surface area contributed by atoms with Crippen LogP contribution in [0.4, 0.5) is 0 Å². The minimum Gasteiger partial charge on any atom is -0.465 e. The maximum atomic E-state index is 12.4. The van der Waals surface area contributed by atoms with Crippen molar-refractivity contribution in [2.24, 2.45) is 11.8 Å². The van der Waals surface area contributed by atoms with Gasteiger partial charge in [0.15, 0.2) is 0 Å². The summed E-state index contributed by atoms with van der Waals surface area (Å²) in [6, 6.07) is 19.5. The quantitative estimate of drug-likeness (QED) is 0.414. The fourth-order valence-corrected chi connectivity index (χ4v) is 4.10. The lowest BCUT2D eigenvalue weighted by atomic mass is 9.74. The summed E-state index contributed by atoms with van der Waals surface area (Å²) in [6.07, 6.45) is 0.150. The molecule has 2 aromatic carbocycles. The molecule has 1 aliphatic heterocycles. The summed E-state index contributed by atoms with van der Waals surface area (Å²) in [7, 11) is 0. The molecular formula is C24H29NO5. The van der Waals surface area contributed by atoms with Crippen LogP contribution in [0.1, 0.15) is 30.4 Å². The fraction of sp³-hybridized carbons (Fsp3) is 0.417. The molecule has 1 heterocycles. The monoisotopic (exact) mass is 411 g/mol. The van der Waals surface area contributed by atoms with Crippen LogP contribution in [0.2, 0.25) is 0 Å². The molecule has 160 valence electrons. The first-order chi connectivity index (χ1) is 14.6. The standard InChI is InChI=1S/C24H29NO5/c1-17(19-10-6-3-7-11-19)12-20(13-26)23-22(24(28)25-23)21(15-29-16-27)30-14-18-8-4-2-5-9-18/h2-11,16-17,20-23,26H,12-15H2,1H3,(H,25,28)/t17?,20?,21-,22+,23-/m0/s1. The molecule has 0 saturated carbocycles. The van der Waals surface area contributed by atoms with Gasteiger partial charge in [-0.25, -0.2) is 0 Å². The van der Waals surface area contributed by atoms with Crippen LogP contribution < -0.4 is 5.32 Å². The number of carbonyl (C=O) groups excluding carboxylic acids is 2. The number of aliphatic hydroxyl groups excluding tert-OH is 1. The van der Waals surface area contributed by atoms with Crippen molar-refractivity contribution in [3.63, 3.8) is 0 Å². The van der Waals surface area contributed by atoms with Gasteiger partial charge in [0.05, 0.1) is 12.5 Å². The van der Waals surface area contributed by atoms with Crippen molar-refractivity contribution in [2.45, 2.75) is 38.0 Å². The molecule has 2 unspecified atom stereocenters. The topological polar surface area (TPSA) is 84.9 Å². The second-order valence-electron chi connectivity index (χ2n) is 7.81. The van der Waals surface area contributed by atoms with Gasteiger partial charge in [-0.05, 0) is 23.5 Å². The Hall–Kier alpha value is -2.70. The first-order valence-electron chi connectivity index (χ1n) is 10.3. The van der Waals surface area contributed by atoms with Gasteiger partial charge in [0.1, 0.15) is 12.7 Å². The SMILES string of the molecule is CC(CC(CO)[C@@H]1NC(=O)[C@@H]1[C@H](COC=O)OCc1ccccc1)c1ccccc1. The number of aliphatic hydroxyl groups is 1. The highest BCUT2D eigenvalue weighted by molar-refractivity contribution is 5.86. The molecule has 6 heteroatoms. The summed E-state index contributed by atoms with van der Waals surface area (Å²) in [5, 5.41) is 13.0. The maximum Gasteiger partial charge on any atom is 0.293 e. The van der Waals surface area contributed by atoms with Gasteiger partial charge in [-0.2, -0.15) is 0 Å². The van der Waals surface area contributed by atoms with Gasteiger partial charge in [0, 0.05) is 18.6 Å². The highest BCUT2D eigenvalue weighted by Gasteiger charge is 2.49. The largest absolute Gasteiger partial charge is 0.465 e. The van der Waals surface area contributed by atoms with Gasteiger partial charge in [-0.1, -0.05) is 67.6 Å². The van der Waals surface area contributed by atoms with E-state index < -0.39 is 12.0 Å². The number of amides is 1. The average molecular weight is 411 g/mol. The first kappa shape index (κ1) is 22.0. The van der Waals surface area contributed by atoms with Gasteiger partial charge in [-0.3, -0.25) is 9.59 Å². The number of ether oxygens (including phenoxy) is 2. The summed E-state index contributed by atoms with van der Waals surface area (Å²) in [5.41, 5.74) is 2.17. The smallest absolute Gasteiger partial charge is 0.293 e. The molecule has 1 aliphatic rings. The number of rotatable bonds is 12. The molecule has 6 nitrogen and oxygen atoms in total. The number of nitrogens with one attached hydrogen (secondary N) is 1. The van der Waals surface area contributed by atoms with Gasteiger partial charge in [-0.15, -0.1) is 0 Å². The molecular weight excluding hydrogens is 382 g/mol. The maximum absolute atomic E-state index is 12.4. The van der Waals surface area contributed by atoms with E-state index in [9.17, 15) is 14.7 Å². The normalized spacial score (nSPS) is 21.1. The highest BCUT2D eigenvalue weighted by Crippen LogP contribution is 2.33. The summed E-state index contributed by atoms with van der Waals surface area (Å²) >= 11 is 0. The van der Waals surface area contributed by atoms with E-state index in [0.29, 0.717) is 13.1 Å². The van der Waals surface area contributed by atoms with Gasteiger partial charge in [0.2, 0.25) is 5.91 Å². The third-order valence-corrected chi connectivity index (χ3v) is 5.80. The van der Waals surface area contributed by atoms with Crippen LogP contribution in [0.5, 0.6) is 0 Å². The second kappa shape index (κ2) is 10.9. The third-order valence-electron chi connectivity index (χ3n) is 5.80. The van der Waals surface area contributed by atoms with Crippen molar-refractivity contribution in [3.8, 4) is 0 Å². The van der Waals surface area contributed by atoms with Crippen molar-refractivity contribution in [1.82, 2.24) is 5.32 Å². The van der Waals surface area contributed by atoms with E-state index in [1.807, 2.05) is 48.5 Å². The van der Waals surface area contributed by atoms with Gasteiger partial charge < -0.3 is 19.9 Å². The summed E-state index contributed by atoms with van der Waals surface area (Å²) < 4.78 is 10.9. The van der Waals surface area contributed by atoms with Crippen LogP contribution in [0.25, 0.3) is 0 Å².